The average Bonchev–Trinajstić information content (AvgIpc) is 3.89. The van der Waals surface area contributed by atoms with Crippen LogP contribution in [-0.4, -0.2) is 34.1 Å². The predicted octanol–water partition coefficient (Wildman–Crippen LogP) is 7.90. The van der Waals surface area contributed by atoms with E-state index in [1.807, 2.05) is 11.3 Å². The molecule has 0 fully saturated rings. The van der Waals surface area contributed by atoms with E-state index in [1.165, 1.54) is 30.9 Å². The average molecular weight is 704 g/mol. The van der Waals surface area contributed by atoms with Crippen LogP contribution in [0.4, 0.5) is 5.88 Å². The van der Waals surface area contributed by atoms with Gasteiger partial charge in [-0.2, -0.15) is 0 Å². The SMILES string of the molecule is C1=Cc2c(oc3c([Si](c4ccccc4)(c4ccccc4)c4ncnc(-n5c6ccccc6c6c7c(ccc65)sc5ccccc57)n4)cccc23)NC1. The van der Waals surface area contributed by atoms with Gasteiger partial charge < -0.3 is 9.73 Å². The molecule has 52 heavy (non-hydrogen) atoms. The summed E-state index contributed by atoms with van der Waals surface area (Å²) in [5, 5.41) is 12.9. The molecule has 0 saturated heterocycles. The molecule has 0 aliphatic carbocycles. The fourth-order valence-electron chi connectivity index (χ4n) is 8.36. The Morgan fingerprint density at radius 1 is 0.635 bits per heavy atom. The number of rotatable bonds is 5. The van der Waals surface area contributed by atoms with Crippen molar-refractivity contribution in [1.29, 1.82) is 0 Å². The molecule has 0 amide bonds. The van der Waals surface area contributed by atoms with Crippen LogP contribution in [-0.2, 0) is 0 Å². The normalized spacial score (nSPS) is 13.0. The summed E-state index contributed by atoms with van der Waals surface area (Å²) in [5.74, 6) is 1.39. The van der Waals surface area contributed by atoms with E-state index < -0.39 is 8.07 Å². The summed E-state index contributed by atoms with van der Waals surface area (Å²) in [4.78, 5) is 15.7. The van der Waals surface area contributed by atoms with E-state index in [2.05, 4.69) is 162 Å². The molecule has 0 bridgehead atoms. The second kappa shape index (κ2) is 11.3. The number of hydrogen-bond donors (Lipinski definition) is 1. The monoisotopic (exact) mass is 703 g/mol. The Bertz CT molecular complexity index is 3000. The van der Waals surface area contributed by atoms with Crippen molar-refractivity contribution in [1.82, 2.24) is 19.5 Å². The van der Waals surface area contributed by atoms with Gasteiger partial charge in [-0.15, -0.1) is 11.3 Å². The molecule has 0 saturated carbocycles. The molecule has 11 rings (SSSR count). The summed E-state index contributed by atoms with van der Waals surface area (Å²) in [6, 6.07) is 49.8. The summed E-state index contributed by atoms with van der Waals surface area (Å²) in [5.41, 5.74) is 4.80. The van der Waals surface area contributed by atoms with Crippen LogP contribution in [0.25, 0.3) is 65.0 Å². The Balaban J connectivity index is 1.25. The van der Waals surface area contributed by atoms with Crippen molar-refractivity contribution in [2.75, 3.05) is 11.9 Å². The van der Waals surface area contributed by atoms with Crippen molar-refractivity contribution in [3.8, 4) is 5.95 Å². The zero-order valence-corrected chi connectivity index (χ0v) is 29.6. The molecule has 1 aliphatic rings. The van der Waals surface area contributed by atoms with Gasteiger partial charge >= 0.3 is 0 Å². The molecular weight excluding hydrogens is 675 g/mol. The summed E-state index contributed by atoms with van der Waals surface area (Å²) in [6.07, 6.45) is 5.99. The smallest absolute Gasteiger partial charge is 0.237 e. The third-order valence-electron chi connectivity index (χ3n) is 10.5. The molecule has 10 aromatic rings. The second-order valence-corrected chi connectivity index (χ2v) is 17.9. The van der Waals surface area contributed by atoms with Gasteiger partial charge in [0.15, 0.2) is 0 Å². The van der Waals surface area contributed by atoms with E-state index in [-0.39, 0.29) is 0 Å². The van der Waals surface area contributed by atoms with Crippen LogP contribution < -0.4 is 26.3 Å². The number of aromatic nitrogens is 4. The molecule has 1 N–H and O–H groups in total. The molecule has 0 atom stereocenters. The van der Waals surface area contributed by atoms with Gasteiger partial charge in [0.25, 0.3) is 0 Å². The summed E-state index contributed by atoms with van der Waals surface area (Å²) in [7, 11) is -3.25. The third-order valence-corrected chi connectivity index (χ3v) is 16.2. The van der Waals surface area contributed by atoms with Gasteiger partial charge in [0.05, 0.1) is 11.0 Å². The highest BCUT2D eigenvalue weighted by molar-refractivity contribution is 7.26. The maximum absolute atomic E-state index is 6.78. The molecule has 8 heteroatoms. The van der Waals surface area contributed by atoms with Crippen LogP contribution in [0.15, 0.2) is 156 Å². The van der Waals surface area contributed by atoms with Crippen molar-refractivity contribution in [3.05, 3.63) is 157 Å². The molecular formula is C44H29N5OSSi. The molecule has 0 unspecified atom stereocenters. The Labute approximate surface area is 303 Å². The third kappa shape index (κ3) is 4.07. The van der Waals surface area contributed by atoms with Gasteiger partial charge in [-0.1, -0.05) is 127 Å². The second-order valence-electron chi connectivity index (χ2n) is 13.2. The topological polar surface area (TPSA) is 68.8 Å². The molecule has 0 radical (unpaired) electrons. The van der Waals surface area contributed by atoms with Crippen molar-refractivity contribution in [2.24, 2.45) is 0 Å². The number of fused-ring (bicyclic) bond motifs is 10. The number of furan rings is 1. The first-order chi connectivity index (χ1) is 25.8. The highest BCUT2D eigenvalue weighted by Gasteiger charge is 2.47. The lowest BCUT2D eigenvalue weighted by molar-refractivity contribution is 0.630. The summed E-state index contributed by atoms with van der Waals surface area (Å²) >= 11 is 1.84. The van der Waals surface area contributed by atoms with Crippen molar-refractivity contribution >= 4 is 105 Å². The Kier molecular flexibility index (Phi) is 6.40. The van der Waals surface area contributed by atoms with Gasteiger partial charge in [0, 0.05) is 53.6 Å². The van der Waals surface area contributed by atoms with Crippen molar-refractivity contribution in [2.45, 2.75) is 0 Å². The minimum Gasteiger partial charge on any atom is -0.440 e. The largest absolute Gasteiger partial charge is 0.440 e. The fraction of sp³-hybridized carbons (Fsp3) is 0.0227. The lowest BCUT2D eigenvalue weighted by Crippen LogP contribution is -2.76. The lowest BCUT2D eigenvalue weighted by atomic mass is 10.1. The minimum atomic E-state index is -3.25. The van der Waals surface area contributed by atoms with Crippen LogP contribution in [0.2, 0.25) is 0 Å². The van der Waals surface area contributed by atoms with Gasteiger partial charge in [0.2, 0.25) is 19.9 Å². The molecule has 246 valence electrons. The van der Waals surface area contributed by atoms with E-state index in [0.29, 0.717) is 5.95 Å². The van der Waals surface area contributed by atoms with E-state index in [0.717, 1.165) is 61.0 Å². The summed E-state index contributed by atoms with van der Waals surface area (Å²) < 4.78 is 11.5. The molecule has 6 nitrogen and oxygen atoms in total. The van der Waals surface area contributed by atoms with Crippen LogP contribution in [0.3, 0.4) is 0 Å². The van der Waals surface area contributed by atoms with Crippen LogP contribution in [0, 0.1) is 0 Å². The zero-order chi connectivity index (χ0) is 34.2. The zero-order valence-electron chi connectivity index (χ0n) is 27.8. The van der Waals surface area contributed by atoms with Crippen molar-refractivity contribution in [3.63, 3.8) is 0 Å². The number of thiophene rings is 1. The number of nitrogens with one attached hydrogen (secondary N) is 1. The van der Waals surface area contributed by atoms with E-state index in [4.69, 9.17) is 19.4 Å². The molecule has 6 aromatic carbocycles. The highest BCUT2D eigenvalue weighted by Crippen LogP contribution is 2.43. The van der Waals surface area contributed by atoms with Gasteiger partial charge in [-0.25, -0.2) is 15.0 Å². The first-order valence-corrected chi connectivity index (χ1v) is 20.2. The number of anilines is 1. The van der Waals surface area contributed by atoms with Crippen LogP contribution in [0.5, 0.6) is 0 Å². The fourth-order valence-corrected chi connectivity index (χ4v) is 14.0. The maximum atomic E-state index is 6.78. The first-order valence-electron chi connectivity index (χ1n) is 17.4. The predicted molar refractivity (Wildman–Crippen MR) is 218 cm³/mol. The number of benzene rings is 6. The Hall–Kier alpha value is -6.35. The summed E-state index contributed by atoms with van der Waals surface area (Å²) in [6.45, 7) is 0.727. The van der Waals surface area contributed by atoms with Gasteiger partial charge in [-0.05, 0) is 34.6 Å². The molecule has 1 aliphatic heterocycles. The molecule has 5 heterocycles. The van der Waals surface area contributed by atoms with E-state index in [1.54, 1.807) is 6.33 Å². The van der Waals surface area contributed by atoms with Crippen LogP contribution in [0.1, 0.15) is 5.56 Å². The number of nitrogens with zero attached hydrogens (tertiary/aromatic N) is 4. The van der Waals surface area contributed by atoms with E-state index >= 15 is 0 Å². The number of para-hydroxylation sites is 2. The van der Waals surface area contributed by atoms with Gasteiger partial charge in [-0.3, -0.25) is 4.57 Å². The first kappa shape index (κ1) is 29.4. The van der Waals surface area contributed by atoms with Crippen LogP contribution >= 0.6 is 11.3 Å². The maximum Gasteiger partial charge on any atom is 0.237 e. The van der Waals surface area contributed by atoms with Crippen molar-refractivity contribution < 1.29 is 4.42 Å². The molecule has 0 spiro atoms. The Morgan fingerprint density at radius 2 is 1.37 bits per heavy atom. The minimum absolute atomic E-state index is 0.592. The quantitative estimate of drug-likeness (QED) is 0.146. The molecule has 4 aromatic heterocycles. The lowest BCUT2D eigenvalue weighted by Gasteiger charge is -2.32. The highest BCUT2D eigenvalue weighted by atomic mass is 32.1. The Morgan fingerprint density at radius 3 is 2.19 bits per heavy atom. The number of hydrogen-bond acceptors (Lipinski definition) is 6. The van der Waals surface area contributed by atoms with E-state index in [9.17, 15) is 0 Å². The standard InChI is InChI=1S/C44H29N5OSSi/c1-3-13-28(14-4-1)52(29-15-5-2-6-16-29,38-23-11-19-30-31-20-12-26-45-42(31)50-41(30)38)44-47-27-46-43(48-44)49-34-21-9-7-17-32(34)39-35(49)24-25-37-40(39)33-18-8-10-22-36(33)51-37/h1-25,27,45H,26H2. The van der Waals surface area contributed by atoms with Gasteiger partial charge in [0.1, 0.15) is 17.4 Å².